The van der Waals surface area contributed by atoms with Crippen LogP contribution in [0.5, 0.6) is 0 Å². The summed E-state index contributed by atoms with van der Waals surface area (Å²) in [5.74, 6) is 0.604. The molecule has 0 aromatic carbocycles. The Bertz CT molecular complexity index is 1950. The highest BCUT2D eigenvalue weighted by Gasteiger charge is 2.44. The first-order valence-corrected chi connectivity index (χ1v) is 18.5. The topological polar surface area (TPSA) is 165 Å². The molecule has 4 aromatic heterocycles. The average Bonchev–Trinajstić information content (AvgIpc) is 3.76. The number of nitriles is 1. The molecule has 14 nitrogen and oxygen atoms in total. The highest BCUT2D eigenvalue weighted by Crippen LogP contribution is 2.41. The quantitative estimate of drug-likeness (QED) is 0.297. The van der Waals surface area contributed by atoms with Gasteiger partial charge in [-0.1, -0.05) is 11.3 Å². The van der Waals surface area contributed by atoms with E-state index in [-0.39, 0.29) is 18.1 Å². The van der Waals surface area contributed by atoms with E-state index in [4.69, 9.17) is 4.98 Å². The Morgan fingerprint density at radius 3 is 2.49 bits per heavy atom. The minimum atomic E-state index is -3.25. The summed E-state index contributed by atoms with van der Waals surface area (Å²) in [6.07, 6.45) is 6.66. The van der Waals surface area contributed by atoms with Gasteiger partial charge in [0.05, 0.1) is 40.5 Å². The maximum absolute atomic E-state index is 13.1. The summed E-state index contributed by atoms with van der Waals surface area (Å²) in [4.78, 5) is 21.9. The Labute approximate surface area is 277 Å². The summed E-state index contributed by atoms with van der Waals surface area (Å²) in [6.45, 7) is 7.19. The van der Waals surface area contributed by atoms with E-state index in [1.807, 2.05) is 24.4 Å². The van der Waals surface area contributed by atoms with Crippen molar-refractivity contribution in [1.82, 2.24) is 39.3 Å². The standard InChI is InChI=1S/C31H37N11O3S2/c1-19(2)35-25-13-26(27-7-6-23-12-20(14-32)15-34-42(23)27)33-16-24(25)29-37-38-31(46-29)40-17-21-4-5-22(18-40)28(21)36-30(43)39-8-10-41(11-9-39)47(3,44)45/h6-7,12-13,15-16,19,21-22,28H,4-5,8-11,17-18H2,1-3H3,(H,33,35)(H,36,43)/t21-,22+,28?. The van der Waals surface area contributed by atoms with Gasteiger partial charge < -0.3 is 20.4 Å². The average molecular weight is 676 g/mol. The van der Waals surface area contributed by atoms with Gasteiger partial charge in [-0.2, -0.15) is 14.7 Å². The first-order chi connectivity index (χ1) is 22.6. The molecule has 0 spiro atoms. The number of piperazine rings is 1. The Morgan fingerprint density at radius 2 is 1.81 bits per heavy atom. The summed E-state index contributed by atoms with van der Waals surface area (Å²) in [6, 6.07) is 9.97. The number of piperidine rings is 1. The van der Waals surface area contributed by atoms with Gasteiger partial charge in [0.1, 0.15) is 6.07 Å². The molecule has 4 aromatic rings. The summed E-state index contributed by atoms with van der Waals surface area (Å²) < 4.78 is 26.9. The third kappa shape index (κ3) is 6.22. The lowest BCUT2D eigenvalue weighted by Gasteiger charge is -2.40. The van der Waals surface area contributed by atoms with Gasteiger partial charge in [-0.05, 0) is 62.8 Å². The van der Waals surface area contributed by atoms with Crippen molar-refractivity contribution >= 4 is 43.7 Å². The van der Waals surface area contributed by atoms with Gasteiger partial charge in [0.2, 0.25) is 15.2 Å². The summed E-state index contributed by atoms with van der Waals surface area (Å²) >= 11 is 1.54. The van der Waals surface area contributed by atoms with Crippen LogP contribution in [0.15, 0.2) is 36.7 Å². The number of carbonyl (C=O) groups excluding carboxylic acids is 1. The molecule has 0 radical (unpaired) electrons. The number of carbonyl (C=O) groups is 1. The maximum Gasteiger partial charge on any atom is 0.317 e. The first-order valence-electron chi connectivity index (χ1n) is 15.8. The summed E-state index contributed by atoms with van der Waals surface area (Å²) in [5.41, 5.74) is 4.66. The number of rotatable bonds is 7. The third-order valence-electron chi connectivity index (χ3n) is 9.27. The number of pyridine rings is 1. The number of hydrogen-bond acceptors (Lipinski definition) is 11. The van der Waals surface area contributed by atoms with E-state index in [2.05, 4.69) is 50.7 Å². The molecular weight excluding hydrogens is 639 g/mol. The minimum absolute atomic E-state index is 0.0868. The zero-order valence-corrected chi connectivity index (χ0v) is 28.1. The lowest BCUT2D eigenvalue weighted by Crippen LogP contribution is -2.58. The minimum Gasteiger partial charge on any atom is -0.382 e. The fourth-order valence-electron chi connectivity index (χ4n) is 6.97. The predicted octanol–water partition coefficient (Wildman–Crippen LogP) is 3.11. The fraction of sp³-hybridized carbons (Fsp3) is 0.484. The van der Waals surface area contributed by atoms with E-state index >= 15 is 0 Å². The first kappa shape index (κ1) is 31.3. The zero-order chi connectivity index (χ0) is 32.9. The second kappa shape index (κ2) is 12.4. The van der Waals surface area contributed by atoms with Crippen LogP contribution in [-0.2, 0) is 10.0 Å². The van der Waals surface area contributed by atoms with Crippen LogP contribution in [0.25, 0.3) is 27.5 Å². The molecule has 2 saturated heterocycles. The second-order valence-electron chi connectivity index (χ2n) is 12.8. The van der Waals surface area contributed by atoms with Crippen LogP contribution in [-0.4, -0.2) is 106 Å². The van der Waals surface area contributed by atoms with E-state index < -0.39 is 10.0 Å². The molecule has 3 atom stereocenters. The molecule has 7 rings (SSSR count). The van der Waals surface area contributed by atoms with Crippen molar-refractivity contribution < 1.29 is 13.2 Å². The van der Waals surface area contributed by atoms with Gasteiger partial charge in [0.15, 0.2) is 5.01 Å². The zero-order valence-electron chi connectivity index (χ0n) is 26.5. The van der Waals surface area contributed by atoms with Crippen molar-refractivity contribution in [2.24, 2.45) is 11.8 Å². The van der Waals surface area contributed by atoms with Crippen LogP contribution in [0.4, 0.5) is 15.6 Å². The number of nitrogens with one attached hydrogen (secondary N) is 2. The van der Waals surface area contributed by atoms with Gasteiger partial charge in [-0.15, -0.1) is 10.2 Å². The van der Waals surface area contributed by atoms with Crippen LogP contribution in [0.1, 0.15) is 32.3 Å². The van der Waals surface area contributed by atoms with Gasteiger partial charge in [-0.25, -0.2) is 17.7 Å². The van der Waals surface area contributed by atoms with E-state index in [0.29, 0.717) is 43.6 Å². The molecule has 2 aliphatic heterocycles. The number of aromatic nitrogens is 5. The van der Waals surface area contributed by atoms with Crippen molar-refractivity contribution in [3.8, 4) is 28.0 Å². The van der Waals surface area contributed by atoms with E-state index in [1.54, 1.807) is 33.0 Å². The molecule has 16 heteroatoms. The van der Waals surface area contributed by atoms with Crippen molar-refractivity contribution in [3.63, 3.8) is 0 Å². The normalized spacial score (nSPS) is 21.7. The van der Waals surface area contributed by atoms with Crippen LogP contribution < -0.4 is 15.5 Å². The van der Waals surface area contributed by atoms with E-state index in [9.17, 15) is 18.5 Å². The number of urea groups is 1. The number of fused-ring (bicyclic) bond motifs is 3. The third-order valence-corrected chi connectivity index (χ3v) is 11.6. The van der Waals surface area contributed by atoms with Crippen LogP contribution in [0, 0.1) is 23.2 Å². The number of hydrogen-bond donors (Lipinski definition) is 2. The van der Waals surface area contributed by atoms with Crippen molar-refractivity contribution in [3.05, 3.63) is 42.2 Å². The lowest BCUT2D eigenvalue weighted by atomic mass is 9.92. The monoisotopic (exact) mass is 675 g/mol. The molecule has 2 N–H and O–H groups in total. The highest BCUT2D eigenvalue weighted by molar-refractivity contribution is 7.88. The lowest BCUT2D eigenvalue weighted by molar-refractivity contribution is 0.161. The molecule has 3 fully saturated rings. The predicted molar refractivity (Wildman–Crippen MR) is 180 cm³/mol. The molecule has 1 aliphatic carbocycles. The van der Waals surface area contributed by atoms with Gasteiger partial charge in [-0.3, -0.25) is 4.98 Å². The highest BCUT2D eigenvalue weighted by atomic mass is 32.2. The molecule has 1 saturated carbocycles. The maximum atomic E-state index is 13.1. The van der Waals surface area contributed by atoms with E-state index in [1.165, 1.54) is 10.6 Å². The fourth-order valence-corrected chi connectivity index (χ4v) is 8.69. The van der Waals surface area contributed by atoms with Gasteiger partial charge in [0, 0.05) is 63.2 Å². The smallest absolute Gasteiger partial charge is 0.317 e. The molecule has 6 heterocycles. The number of anilines is 2. The largest absolute Gasteiger partial charge is 0.382 e. The van der Waals surface area contributed by atoms with Crippen molar-refractivity contribution in [2.75, 3.05) is 55.7 Å². The molecule has 47 heavy (non-hydrogen) atoms. The van der Waals surface area contributed by atoms with Crippen LogP contribution in [0.3, 0.4) is 0 Å². The number of amides is 2. The Balaban J connectivity index is 1.05. The molecule has 2 bridgehead atoms. The van der Waals surface area contributed by atoms with Crippen molar-refractivity contribution in [1.29, 1.82) is 5.26 Å². The summed E-state index contributed by atoms with van der Waals surface area (Å²) in [5, 5.41) is 31.3. The molecular formula is C31H37N11O3S2. The number of sulfonamides is 1. The Morgan fingerprint density at radius 1 is 1.06 bits per heavy atom. The SMILES string of the molecule is CC(C)Nc1cc(-c2ccc3cc(C#N)cnn23)ncc1-c1nnc(N2C[C@H]3CC[C@@H](C2)C3NC(=O)N2CCN(S(C)(=O)=O)CC2)s1. The second-order valence-corrected chi connectivity index (χ2v) is 15.8. The van der Waals surface area contributed by atoms with Crippen LogP contribution in [0.2, 0.25) is 0 Å². The Kier molecular flexibility index (Phi) is 8.23. The number of nitrogens with zero attached hydrogens (tertiary/aromatic N) is 9. The van der Waals surface area contributed by atoms with Gasteiger partial charge >= 0.3 is 6.03 Å². The van der Waals surface area contributed by atoms with Crippen molar-refractivity contribution in [2.45, 2.75) is 38.8 Å². The molecule has 246 valence electrons. The molecule has 3 aliphatic rings. The summed E-state index contributed by atoms with van der Waals surface area (Å²) in [7, 11) is -3.25. The van der Waals surface area contributed by atoms with Crippen LogP contribution >= 0.6 is 11.3 Å². The Hall–Kier alpha value is -4.33. The van der Waals surface area contributed by atoms with Gasteiger partial charge in [0.25, 0.3) is 0 Å². The molecule has 2 amide bonds. The molecule has 1 unspecified atom stereocenters. The van der Waals surface area contributed by atoms with E-state index in [0.717, 1.165) is 64.2 Å².